The molecule has 218 valence electrons. The Labute approximate surface area is 240 Å². The number of nitrogens with one attached hydrogen (secondary N) is 1. The van der Waals surface area contributed by atoms with E-state index in [1.807, 2.05) is 6.92 Å². The van der Waals surface area contributed by atoms with Gasteiger partial charge in [0.2, 0.25) is 5.91 Å². The van der Waals surface area contributed by atoms with Crippen molar-refractivity contribution in [1.82, 2.24) is 20.1 Å². The number of para-hydroxylation sites is 1. The number of hydrogen-bond acceptors (Lipinski definition) is 12. The molecule has 0 radical (unpaired) electrons. The average molecular weight is 599 g/mol. The van der Waals surface area contributed by atoms with Crippen molar-refractivity contribution in [2.24, 2.45) is 0 Å². The molecule has 1 amide bonds. The standard InChI is InChI=1S/C25H31ClN4O9S/c1-6-30-20(12-36-18-10-8-7-9-17(18)26)28-29-25(30)40-24-21(27-13(2)31)23(38-16(5)34)22(37-15(4)33)19(39-24)11-35-14(3)32/h7-10,19,21-24H,6,11-12H2,1-5H3,(H,27,31)/t19-,21-,22-,23-,24+/m1/s1. The number of amides is 1. The monoisotopic (exact) mass is 598 g/mol. The van der Waals surface area contributed by atoms with Crippen LogP contribution in [0, 0.1) is 0 Å². The smallest absolute Gasteiger partial charge is 0.303 e. The molecule has 0 spiro atoms. The summed E-state index contributed by atoms with van der Waals surface area (Å²) in [5, 5.41) is 12.1. The van der Waals surface area contributed by atoms with E-state index in [4.69, 9.17) is 35.3 Å². The fraction of sp³-hybridized carbons (Fsp3) is 0.520. The van der Waals surface area contributed by atoms with Crippen LogP contribution in [0.2, 0.25) is 5.02 Å². The Bertz CT molecular complexity index is 1230. The Kier molecular flexibility index (Phi) is 11.2. The first-order valence-electron chi connectivity index (χ1n) is 12.4. The summed E-state index contributed by atoms with van der Waals surface area (Å²) in [6.07, 6.45) is -3.38. The highest BCUT2D eigenvalue weighted by atomic mass is 35.5. The molecule has 5 atom stereocenters. The summed E-state index contributed by atoms with van der Waals surface area (Å²) in [5.41, 5.74) is -0.924. The Morgan fingerprint density at radius 3 is 2.30 bits per heavy atom. The molecule has 3 rings (SSSR count). The molecule has 13 nitrogen and oxygen atoms in total. The van der Waals surface area contributed by atoms with Gasteiger partial charge in [-0.1, -0.05) is 35.5 Å². The lowest BCUT2D eigenvalue weighted by molar-refractivity contribution is -0.211. The molecule has 0 bridgehead atoms. The molecule has 1 fully saturated rings. The first-order chi connectivity index (χ1) is 19.0. The number of thioether (sulfide) groups is 1. The van der Waals surface area contributed by atoms with Crippen molar-refractivity contribution in [3.63, 3.8) is 0 Å². The zero-order valence-electron chi connectivity index (χ0n) is 22.6. The largest absolute Gasteiger partial charge is 0.484 e. The van der Waals surface area contributed by atoms with Crippen LogP contribution in [0.4, 0.5) is 0 Å². The average Bonchev–Trinajstić information content (AvgIpc) is 3.26. The third kappa shape index (κ3) is 8.32. The fourth-order valence-electron chi connectivity index (χ4n) is 4.03. The number of carbonyl (C=O) groups excluding carboxylic acids is 4. The number of rotatable bonds is 11. The number of esters is 3. The van der Waals surface area contributed by atoms with Crippen LogP contribution in [0.5, 0.6) is 5.75 Å². The quantitative estimate of drug-likeness (QED) is 0.298. The molecular weight excluding hydrogens is 568 g/mol. The van der Waals surface area contributed by atoms with Crippen LogP contribution >= 0.6 is 23.4 Å². The molecule has 0 saturated carbocycles. The van der Waals surface area contributed by atoms with E-state index in [2.05, 4.69) is 15.5 Å². The van der Waals surface area contributed by atoms with E-state index in [-0.39, 0.29) is 13.2 Å². The van der Waals surface area contributed by atoms with Gasteiger partial charge in [0.1, 0.15) is 36.5 Å². The van der Waals surface area contributed by atoms with E-state index < -0.39 is 53.6 Å². The maximum absolute atomic E-state index is 12.2. The minimum Gasteiger partial charge on any atom is -0.484 e. The number of ether oxygens (including phenoxy) is 5. The van der Waals surface area contributed by atoms with Gasteiger partial charge in [0, 0.05) is 34.2 Å². The van der Waals surface area contributed by atoms with Crippen molar-refractivity contribution in [3.05, 3.63) is 35.1 Å². The van der Waals surface area contributed by atoms with E-state index in [1.54, 1.807) is 28.8 Å². The lowest BCUT2D eigenvalue weighted by atomic mass is 9.97. The molecular formula is C25H31ClN4O9S. The highest BCUT2D eigenvalue weighted by Gasteiger charge is 2.51. The molecule has 40 heavy (non-hydrogen) atoms. The molecule has 2 heterocycles. The van der Waals surface area contributed by atoms with Crippen molar-refractivity contribution in [2.45, 2.75) is 82.7 Å². The Hall–Kier alpha value is -3.36. The fourth-order valence-corrected chi connectivity index (χ4v) is 5.45. The molecule has 0 aliphatic carbocycles. The van der Waals surface area contributed by atoms with Crippen LogP contribution in [0.25, 0.3) is 0 Å². The number of carbonyl (C=O) groups is 4. The summed E-state index contributed by atoms with van der Waals surface area (Å²) in [7, 11) is 0. The van der Waals surface area contributed by atoms with Gasteiger partial charge in [-0.25, -0.2) is 0 Å². The summed E-state index contributed by atoms with van der Waals surface area (Å²) in [6, 6.07) is 6.05. The van der Waals surface area contributed by atoms with Crippen molar-refractivity contribution in [1.29, 1.82) is 0 Å². The first-order valence-corrected chi connectivity index (χ1v) is 13.6. The molecule has 1 aliphatic heterocycles. The molecule has 2 aromatic rings. The lowest BCUT2D eigenvalue weighted by Gasteiger charge is -2.44. The van der Waals surface area contributed by atoms with Gasteiger partial charge in [-0.3, -0.25) is 19.2 Å². The van der Waals surface area contributed by atoms with E-state index in [0.717, 1.165) is 11.8 Å². The predicted octanol–water partition coefficient (Wildman–Crippen LogP) is 2.28. The Morgan fingerprint density at radius 2 is 1.70 bits per heavy atom. The topological polar surface area (TPSA) is 157 Å². The predicted molar refractivity (Wildman–Crippen MR) is 141 cm³/mol. The second-order valence-electron chi connectivity index (χ2n) is 8.70. The number of nitrogens with zero attached hydrogens (tertiary/aromatic N) is 3. The second-order valence-corrected chi connectivity index (χ2v) is 10.2. The summed E-state index contributed by atoms with van der Waals surface area (Å²) in [5.74, 6) is -1.40. The van der Waals surface area contributed by atoms with Gasteiger partial charge >= 0.3 is 17.9 Å². The van der Waals surface area contributed by atoms with Gasteiger partial charge < -0.3 is 33.6 Å². The zero-order chi connectivity index (χ0) is 29.4. The zero-order valence-corrected chi connectivity index (χ0v) is 24.2. The van der Waals surface area contributed by atoms with Crippen LogP contribution in [-0.2, 0) is 51.3 Å². The minimum atomic E-state index is -1.18. The van der Waals surface area contributed by atoms with E-state index >= 15 is 0 Å². The van der Waals surface area contributed by atoms with Crippen molar-refractivity contribution in [3.8, 4) is 5.75 Å². The molecule has 15 heteroatoms. The summed E-state index contributed by atoms with van der Waals surface area (Å²) in [6.45, 7) is 7.01. The third-order valence-electron chi connectivity index (χ3n) is 5.60. The number of hydrogen-bond donors (Lipinski definition) is 1. The van der Waals surface area contributed by atoms with Gasteiger partial charge in [0.15, 0.2) is 23.2 Å². The van der Waals surface area contributed by atoms with Crippen LogP contribution in [-0.4, -0.2) is 75.0 Å². The summed E-state index contributed by atoms with van der Waals surface area (Å²) < 4.78 is 29.9. The first kappa shape index (κ1) is 31.2. The maximum atomic E-state index is 12.2. The van der Waals surface area contributed by atoms with Gasteiger partial charge in [-0.15, -0.1) is 10.2 Å². The number of benzene rings is 1. The molecule has 0 unspecified atom stereocenters. The maximum Gasteiger partial charge on any atom is 0.303 e. The minimum absolute atomic E-state index is 0.0749. The van der Waals surface area contributed by atoms with E-state index in [9.17, 15) is 19.2 Å². The van der Waals surface area contributed by atoms with E-state index in [0.29, 0.717) is 28.3 Å². The molecule has 1 aromatic carbocycles. The van der Waals surface area contributed by atoms with Gasteiger partial charge in [-0.05, 0) is 19.1 Å². The summed E-state index contributed by atoms with van der Waals surface area (Å²) >= 11 is 7.29. The van der Waals surface area contributed by atoms with Gasteiger partial charge in [-0.2, -0.15) is 0 Å². The SMILES string of the molecule is CCn1c(COc2ccccc2Cl)nnc1S[C@@H]1O[C@H](COC(C)=O)[C@@H](OC(C)=O)[C@H](OC(C)=O)[C@H]1NC(C)=O. The molecule has 1 N–H and O–H groups in total. The second kappa shape index (κ2) is 14.3. The van der Waals surface area contributed by atoms with Crippen LogP contribution in [0.3, 0.4) is 0 Å². The van der Waals surface area contributed by atoms with E-state index in [1.165, 1.54) is 27.7 Å². The highest BCUT2D eigenvalue weighted by molar-refractivity contribution is 7.99. The van der Waals surface area contributed by atoms with Crippen LogP contribution in [0.1, 0.15) is 40.4 Å². The number of halogens is 1. The lowest BCUT2D eigenvalue weighted by Crippen LogP contribution is -2.65. The van der Waals surface area contributed by atoms with Crippen LogP contribution in [0.15, 0.2) is 29.4 Å². The third-order valence-corrected chi connectivity index (χ3v) is 7.06. The summed E-state index contributed by atoms with van der Waals surface area (Å²) in [4.78, 5) is 47.8. The van der Waals surface area contributed by atoms with Crippen molar-refractivity contribution < 1.29 is 42.9 Å². The number of aromatic nitrogens is 3. The van der Waals surface area contributed by atoms with Crippen molar-refractivity contribution >= 4 is 47.2 Å². The molecule has 1 aromatic heterocycles. The Balaban J connectivity index is 1.93. The van der Waals surface area contributed by atoms with Gasteiger partial charge in [0.05, 0.1) is 5.02 Å². The molecule has 1 saturated heterocycles. The van der Waals surface area contributed by atoms with Gasteiger partial charge in [0.25, 0.3) is 0 Å². The van der Waals surface area contributed by atoms with Crippen molar-refractivity contribution in [2.75, 3.05) is 6.61 Å². The Morgan fingerprint density at radius 1 is 1.02 bits per heavy atom. The normalized spacial score (nSPS) is 22.2. The molecule has 1 aliphatic rings. The highest BCUT2D eigenvalue weighted by Crippen LogP contribution is 2.36. The van der Waals surface area contributed by atoms with Crippen LogP contribution < -0.4 is 10.1 Å².